The van der Waals surface area contributed by atoms with Crippen molar-refractivity contribution in [2.75, 3.05) is 13.2 Å². The van der Waals surface area contributed by atoms with Crippen molar-refractivity contribution in [2.24, 2.45) is 16.6 Å². The van der Waals surface area contributed by atoms with Gasteiger partial charge in [-0.25, -0.2) is 0 Å². The van der Waals surface area contributed by atoms with Crippen LogP contribution in [0.15, 0.2) is 0 Å². The molecule has 1 atom stereocenters. The van der Waals surface area contributed by atoms with Gasteiger partial charge < -0.3 is 15.6 Å². The maximum Gasteiger partial charge on any atom is 0.0672 e. The van der Waals surface area contributed by atoms with Gasteiger partial charge in [0.15, 0.2) is 0 Å². The monoisotopic (exact) mass is 217 g/mol. The first-order valence-electron chi connectivity index (χ1n) is 5.57. The Labute approximate surface area is 94.0 Å². The van der Waals surface area contributed by atoms with E-state index in [4.69, 9.17) is 15.6 Å². The molecule has 0 aromatic rings. The zero-order valence-electron chi connectivity index (χ0n) is 11.0. The molecule has 1 unspecified atom stereocenters. The van der Waals surface area contributed by atoms with E-state index in [1.54, 1.807) is 0 Å². The molecule has 3 nitrogen and oxygen atoms in total. The lowest BCUT2D eigenvalue weighted by molar-refractivity contribution is -0.0880. The summed E-state index contributed by atoms with van der Waals surface area (Å²) in [7, 11) is 0. The molecule has 0 spiro atoms. The Morgan fingerprint density at radius 1 is 1.07 bits per heavy atom. The van der Waals surface area contributed by atoms with E-state index >= 15 is 0 Å². The Morgan fingerprint density at radius 2 is 1.47 bits per heavy atom. The molecule has 0 aromatic heterocycles. The first-order chi connectivity index (χ1) is 6.59. The van der Waals surface area contributed by atoms with Crippen LogP contribution in [0, 0.1) is 10.8 Å². The van der Waals surface area contributed by atoms with Crippen molar-refractivity contribution in [2.45, 2.75) is 53.7 Å². The van der Waals surface area contributed by atoms with Crippen molar-refractivity contribution < 1.29 is 9.84 Å². The van der Waals surface area contributed by atoms with E-state index in [-0.39, 0.29) is 29.6 Å². The zero-order valence-corrected chi connectivity index (χ0v) is 11.0. The fourth-order valence-corrected chi connectivity index (χ4v) is 2.07. The first-order valence-corrected chi connectivity index (χ1v) is 5.57. The largest absolute Gasteiger partial charge is 0.395 e. The summed E-state index contributed by atoms with van der Waals surface area (Å²) in [5, 5.41) is 8.85. The summed E-state index contributed by atoms with van der Waals surface area (Å²) < 4.78 is 5.84. The third-order valence-electron chi connectivity index (χ3n) is 2.28. The van der Waals surface area contributed by atoms with E-state index in [2.05, 4.69) is 41.5 Å². The Balaban J connectivity index is 4.42. The van der Waals surface area contributed by atoms with Gasteiger partial charge in [0, 0.05) is 0 Å². The van der Waals surface area contributed by atoms with Gasteiger partial charge in [-0.2, -0.15) is 0 Å². The first kappa shape index (κ1) is 14.9. The Hall–Kier alpha value is -0.120. The molecular weight excluding hydrogens is 190 g/mol. The van der Waals surface area contributed by atoms with E-state index in [0.29, 0.717) is 6.61 Å². The van der Waals surface area contributed by atoms with Crippen LogP contribution in [-0.4, -0.2) is 30.5 Å². The number of aliphatic hydroxyl groups is 1. The Morgan fingerprint density at radius 3 is 1.73 bits per heavy atom. The molecule has 0 aliphatic heterocycles. The molecule has 15 heavy (non-hydrogen) atoms. The molecule has 0 saturated carbocycles. The molecule has 0 amide bonds. The standard InChI is InChI=1S/C12H27NO2/c1-11(2,3)10(12(4,5)6)15-8-9(13)7-14/h9-10,14H,7-8,13H2,1-6H3. The summed E-state index contributed by atoms with van der Waals surface area (Å²) in [4.78, 5) is 0. The Bertz CT molecular complexity index is 165. The third-order valence-corrected chi connectivity index (χ3v) is 2.28. The van der Waals surface area contributed by atoms with Crippen LogP contribution in [0.2, 0.25) is 0 Å². The molecule has 0 aliphatic rings. The number of hydrogen-bond acceptors (Lipinski definition) is 3. The molecule has 0 fully saturated rings. The maximum atomic E-state index is 8.85. The van der Waals surface area contributed by atoms with Gasteiger partial charge >= 0.3 is 0 Å². The zero-order chi connectivity index (χ0) is 12.3. The fourth-order valence-electron chi connectivity index (χ4n) is 2.07. The van der Waals surface area contributed by atoms with Crippen molar-refractivity contribution >= 4 is 0 Å². The van der Waals surface area contributed by atoms with Crippen molar-refractivity contribution in [3.8, 4) is 0 Å². The molecule has 3 N–H and O–H groups in total. The summed E-state index contributed by atoms with van der Waals surface area (Å²) in [6.07, 6.45) is 0.127. The second kappa shape index (κ2) is 5.28. The van der Waals surface area contributed by atoms with Crippen molar-refractivity contribution in [1.29, 1.82) is 0 Å². The molecule has 0 radical (unpaired) electrons. The van der Waals surface area contributed by atoms with Gasteiger partial charge in [0.1, 0.15) is 0 Å². The smallest absolute Gasteiger partial charge is 0.0672 e. The highest BCUT2D eigenvalue weighted by atomic mass is 16.5. The summed E-state index contributed by atoms with van der Waals surface area (Å²) in [5.41, 5.74) is 5.79. The summed E-state index contributed by atoms with van der Waals surface area (Å²) >= 11 is 0. The molecule has 3 heteroatoms. The van der Waals surface area contributed by atoms with Crippen LogP contribution in [0.4, 0.5) is 0 Å². The highest BCUT2D eigenvalue weighted by Crippen LogP contribution is 2.35. The van der Waals surface area contributed by atoms with E-state index in [1.165, 1.54) is 0 Å². The van der Waals surface area contributed by atoms with E-state index in [9.17, 15) is 0 Å². The Kier molecular flexibility index (Phi) is 5.24. The van der Waals surface area contributed by atoms with Crippen LogP contribution in [0.1, 0.15) is 41.5 Å². The molecule has 92 valence electrons. The summed E-state index contributed by atoms with van der Waals surface area (Å²) in [6.45, 7) is 13.3. The average molecular weight is 217 g/mol. The molecule has 0 bridgehead atoms. The summed E-state index contributed by atoms with van der Waals surface area (Å²) in [6, 6.07) is -0.280. The molecule has 0 heterocycles. The van der Waals surface area contributed by atoms with Crippen molar-refractivity contribution in [3.05, 3.63) is 0 Å². The maximum absolute atomic E-state index is 8.85. The topological polar surface area (TPSA) is 55.5 Å². The number of ether oxygens (including phenoxy) is 1. The van der Waals surface area contributed by atoms with Crippen LogP contribution < -0.4 is 5.73 Å². The minimum Gasteiger partial charge on any atom is -0.395 e. The predicted molar refractivity (Wildman–Crippen MR) is 63.7 cm³/mol. The normalized spacial score (nSPS) is 15.8. The van der Waals surface area contributed by atoms with E-state index < -0.39 is 0 Å². The highest BCUT2D eigenvalue weighted by Gasteiger charge is 2.35. The number of nitrogens with two attached hydrogens (primary N) is 1. The molecule has 0 saturated heterocycles. The van der Waals surface area contributed by atoms with Gasteiger partial charge in [0.25, 0.3) is 0 Å². The van der Waals surface area contributed by atoms with Crippen LogP contribution in [-0.2, 0) is 4.74 Å². The highest BCUT2D eigenvalue weighted by molar-refractivity contribution is 4.85. The number of aliphatic hydroxyl groups excluding tert-OH is 1. The minimum absolute atomic E-state index is 0.0268. The lowest BCUT2D eigenvalue weighted by Crippen LogP contribution is -2.43. The molecular formula is C12H27NO2. The van der Waals surface area contributed by atoms with Crippen molar-refractivity contribution in [1.82, 2.24) is 0 Å². The fraction of sp³-hybridized carbons (Fsp3) is 1.00. The second-order valence-electron chi connectivity index (χ2n) is 6.39. The lowest BCUT2D eigenvalue weighted by Gasteiger charge is -2.40. The lowest BCUT2D eigenvalue weighted by atomic mass is 9.74. The van der Waals surface area contributed by atoms with E-state index in [1.807, 2.05) is 0 Å². The van der Waals surface area contributed by atoms with Crippen molar-refractivity contribution in [3.63, 3.8) is 0 Å². The van der Waals surface area contributed by atoms with Crippen LogP contribution in [0.5, 0.6) is 0 Å². The SMILES string of the molecule is CC(C)(C)C(OCC(N)CO)C(C)(C)C. The van der Waals surface area contributed by atoms with Gasteiger partial charge in [0.2, 0.25) is 0 Å². The van der Waals surface area contributed by atoms with Gasteiger partial charge in [-0.15, -0.1) is 0 Å². The van der Waals surface area contributed by atoms with E-state index in [0.717, 1.165) is 0 Å². The summed E-state index contributed by atoms with van der Waals surface area (Å²) in [5.74, 6) is 0. The van der Waals surface area contributed by atoms with Gasteiger partial charge in [-0.1, -0.05) is 41.5 Å². The average Bonchev–Trinajstić information content (AvgIpc) is 1.99. The van der Waals surface area contributed by atoms with Crippen LogP contribution >= 0.6 is 0 Å². The van der Waals surface area contributed by atoms with Gasteiger partial charge in [0.05, 0.1) is 25.4 Å². The number of rotatable bonds is 4. The third kappa shape index (κ3) is 5.50. The molecule has 0 aromatic carbocycles. The number of hydrogen-bond donors (Lipinski definition) is 2. The predicted octanol–water partition coefficient (Wildman–Crippen LogP) is 1.78. The van der Waals surface area contributed by atoms with Crippen LogP contribution in [0.25, 0.3) is 0 Å². The minimum atomic E-state index is -0.280. The molecule has 0 aliphatic carbocycles. The quantitative estimate of drug-likeness (QED) is 0.755. The van der Waals surface area contributed by atoms with Gasteiger partial charge in [-0.05, 0) is 10.8 Å². The van der Waals surface area contributed by atoms with Gasteiger partial charge in [-0.3, -0.25) is 0 Å². The second-order valence-corrected chi connectivity index (χ2v) is 6.39. The molecule has 0 rings (SSSR count). The van der Waals surface area contributed by atoms with Crippen LogP contribution in [0.3, 0.4) is 0 Å².